The highest BCUT2D eigenvalue weighted by molar-refractivity contribution is 6.23. The molecule has 1 heterocycles. The molecule has 9 nitrogen and oxygen atoms in total. The van der Waals surface area contributed by atoms with Crippen LogP contribution in [0.5, 0.6) is 5.75 Å². The number of carbonyl (C=O) groups excluding carboxylic acids is 3. The molecule has 0 radical (unpaired) electrons. The molecule has 0 bridgehead atoms. The lowest BCUT2D eigenvalue weighted by Gasteiger charge is -2.49. The van der Waals surface area contributed by atoms with Crippen LogP contribution in [0.25, 0.3) is 11.1 Å². The summed E-state index contributed by atoms with van der Waals surface area (Å²) in [5.74, 6) is -5.12. The Morgan fingerprint density at radius 3 is 2.38 bits per heavy atom. The molecule has 2 aromatic rings. The van der Waals surface area contributed by atoms with Crippen molar-refractivity contribution in [1.29, 1.82) is 0 Å². The number of nitrogens with zero attached hydrogens (tertiary/aromatic N) is 1. The second kappa shape index (κ2) is 9.31. The van der Waals surface area contributed by atoms with Crippen LogP contribution >= 0.6 is 0 Å². The summed E-state index contributed by atoms with van der Waals surface area (Å²) >= 11 is 0. The summed E-state index contributed by atoms with van der Waals surface area (Å²) in [6, 6.07) is 10.3. The van der Waals surface area contributed by atoms with Crippen LogP contribution in [0.15, 0.2) is 59.1 Å². The van der Waals surface area contributed by atoms with E-state index in [1.54, 1.807) is 6.07 Å². The Hall–Kier alpha value is -3.95. The van der Waals surface area contributed by atoms with Crippen molar-refractivity contribution in [2.24, 2.45) is 28.7 Å². The summed E-state index contributed by atoms with van der Waals surface area (Å²) in [5.41, 5.74) is 13.0. The molecule has 2 unspecified atom stereocenters. The van der Waals surface area contributed by atoms with Gasteiger partial charge in [0.25, 0.3) is 5.91 Å². The van der Waals surface area contributed by atoms with E-state index >= 15 is 0 Å². The van der Waals surface area contributed by atoms with Crippen LogP contribution in [0.3, 0.4) is 0 Å². The number of likely N-dealkylation sites (tertiary alicyclic amines) is 1. The number of aromatic hydroxyl groups is 1. The third-order valence-corrected chi connectivity index (χ3v) is 9.47. The van der Waals surface area contributed by atoms with Crippen LogP contribution in [0, 0.1) is 17.3 Å². The monoisotopic (exact) mass is 543 g/mol. The number of Topliss-reactive ketones (excluding diaryl/α,β-unsaturated/α-hetero) is 2. The highest BCUT2D eigenvalue weighted by Gasteiger charge is 2.60. The van der Waals surface area contributed by atoms with Gasteiger partial charge in [-0.25, -0.2) is 0 Å². The maximum Gasteiger partial charge on any atom is 0.255 e. The molecule has 40 heavy (non-hydrogen) atoms. The topological polar surface area (TPSA) is 167 Å². The number of primary amides is 1. The van der Waals surface area contributed by atoms with Gasteiger partial charge in [-0.1, -0.05) is 30.3 Å². The van der Waals surface area contributed by atoms with E-state index in [2.05, 4.69) is 17.0 Å². The third-order valence-electron chi connectivity index (χ3n) is 9.47. The Balaban J connectivity index is 1.41. The average molecular weight is 544 g/mol. The minimum Gasteiger partial charge on any atom is -0.511 e. The number of aliphatic hydroxyl groups is 2. The second-order valence-electron chi connectivity index (χ2n) is 11.7. The maximum absolute atomic E-state index is 13.9. The minimum absolute atomic E-state index is 0.0328. The lowest BCUT2D eigenvalue weighted by molar-refractivity contribution is -0.132. The van der Waals surface area contributed by atoms with Gasteiger partial charge in [0.15, 0.2) is 11.6 Å². The molecule has 1 saturated heterocycles. The number of nitrogens with two attached hydrogens (primary N) is 2. The van der Waals surface area contributed by atoms with Crippen molar-refractivity contribution in [2.75, 3.05) is 13.1 Å². The fourth-order valence-electron chi connectivity index (χ4n) is 7.28. The smallest absolute Gasteiger partial charge is 0.255 e. The summed E-state index contributed by atoms with van der Waals surface area (Å²) in [6.07, 6.45) is 2.98. The Bertz CT molecular complexity index is 1520. The summed E-state index contributed by atoms with van der Waals surface area (Å²) in [5, 5.41) is 32.9. The van der Waals surface area contributed by atoms with Crippen molar-refractivity contribution >= 4 is 17.5 Å². The number of ketones is 2. The molecule has 4 aliphatic rings. The first-order chi connectivity index (χ1) is 19.0. The van der Waals surface area contributed by atoms with E-state index in [0.29, 0.717) is 12.0 Å². The van der Waals surface area contributed by atoms with Crippen LogP contribution in [0.4, 0.5) is 0 Å². The summed E-state index contributed by atoms with van der Waals surface area (Å²) in [4.78, 5) is 41.8. The highest BCUT2D eigenvalue weighted by Crippen LogP contribution is 2.55. The Morgan fingerprint density at radius 2 is 1.73 bits per heavy atom. The largest absolute Gasteiger partial charge is 0.511 e. The van der Waals surface area contributed by atoms with Gasteiger partial charge >= 0.3 is 0 Å². The normalized spacial score (nSPS) is 28.4. The van der Waals surface area contributed by atoms with Gasteiger partial charge in [0.1, 0.15) is 22.8 Å². The minimum atomic E-state index is -1.71. The van der Waals surface area contributed by atoms with Crippen molar-refractivity contribution in [1.82, 2.24) is 4.90 Å². The lowest BCUT2D eigenvalue weighted by Crippen LogP contribution is -2.57. The van der Waals surface area contributed by atoms with Gasteiger partial charge in [-0.2, -0.15) is 0 Å². The van der Waals surface area contributed by atoms with E-state index in [9.17, 15) is 29.7 Å². The number of rotatable bonds is 4. The first kappa shape index (κ1) is 26.3. The zero-order valence-electron chi connectivity index (χ0n) is 22.3. The first-order valence-electron chi connectivity index (χ1n) is 13.7. The zero-order chi connectivity index (χ0) is 28.5. The molecule has 3 aliphatic carbocycles. The van der Waals surface area contributed by atoms with Gasteiger partial charge in [0, 0.05) is 18.0 Å². The number of benzene rings is 2. The molecule has 2 aromatic carbocycles. The van der Waals surface area contributed by atoms with Crippen molar-refractivity contribution in [3.8, 4) is 16.9 Å². The molecule has 0 spiro atoms. The first-order valence-corrected chi connectivity index (χ1v) is 13.7. The second-order valence-corrected chi connectivity index (χ2v) is 11.7. The number of allylic oxidation sites excluding steroid dienone is 2. The molecular weight excluding hydrogens is 510 g/mol. The van der Waals surface area contributed by atoms with E-state index in [4.69, 9.17) is 11.5 Å². The number of hydrogen-bond donors (Lipinski definition) is 5. The van der Waals surface area contributed by atoms with Gasteiger partial charge in [0.05, 0.1) is 17.0 Å². The van der Waals surface area contributed by atoms with Crippen LogP contribution in [-0.2, 0) is 22.6 Å². The van der Waals surface area contributed by atoms with Gasteiger partial charge in [-0.3, -0.25) is 19.3 Å². The standard InChI is InChI=1S/C31H33N3O6/c1-31-20(25(32)27(37)24(29(31)39)30(33)40)13-17-12-19-18(8-9-21(35)23(19)26(36)22(17)28(31)38)16-6-4-15(5-7-16)14-34-10-2-3-11-34/h4-9,17,20,25,35,37-38H,2-3,10-14,32H2,1H3,(H2,33,40)/t17-,20-,25?,31?/m0/s1. The van der Waals surface area contributed by atoms with Gasteiger partial charge < -0.3 is 26.8 Å². The maximum atomic E-state index is 13.9. The molecule has 6 rings (SSSR count). The Labute approximate surface area is 231 Å². The van der Waals surface area contributed by atoms with Crippen molar-refractivity contribution in [3.05, 3.63) is 75.8 Å². The number of aliphatic hydroxyl groups excluding tert-OH is 2. The number of amides is 1. The molecule has 7 N–H and O–H groups in total. The Morgan fingerprint density at radius 1 is 1.05 bits per heavy atom. The molecule has 0 saturated carbocycles. The summed E-state index contributed by atoms with van der Waals surface area (Å²) in [6.45, 7) is 4.52. The summed E-state index contributed by atoms with van der Waals surface area (Å²) < 4.78 is 0. The van der Waals surface area contributed by atoms with E-state index in [-0.39, 0.29) is 23.3 Å². The van der Waals surface area contributed by atoms with E-state index in [1.165, 1.54) is 31.4 Å². The fourth-order valence-corrected chi connectivity index (χ4v) is 7.28. The van der Waals surface area contributed by atoms with Crippen molar-refractivity contribution < 1.29 is 29.7 Å². The lowest BCUT2D eigenvalue weighted by atomic mass is 9.54. The van der Waals surface area contributed by atoms with Gasteiger partial charge in [-0.15, -0.1) is 0 Å². The van der Waals surface area contributed by atoms with Gasteiger partial charge in [-0.05, 0) is 79.9 Å². The molecule has 1 aliphatic heterocycles. The van der Waals surface area contributed by atoms with E-state index < -0.39 is 57.9 Å². The molecule has 4 atom stereocenters. The Kier molecular flexibility index (Phi) is 6.12. The SMILES string of the molecule is CC12C(=O)C(C(N)=O)=C(O)C(N)[C@@H]1C[C@@H]1Cc3c(-c4ccc(CN5CCCC5)cc4)ccc(O)c3C(=O)C1=C2O. The molecule has 1 fully saturated rings. The molecule has 0 aromatic heterocycles. The number of phenols is 1. The third kappa shape index (κ3) is 3.72. The van der Waals surface area contributed by atoms with Gasteiger partial charge in [0.2, 0.25) is 0 Å². The average Bonchev–Trinajstić information content (AvgIpc) is 3.43. The van der Waals surface area contributed by atoms with E-state index in [0.717, 1.165) is 30.8 Å². The van der Waals surface area contributed by atoms with Crippen molar-refractivity contribution in [3.63, 3.8) is 0 Å². The molecular formula is C31H33N3O6. The molecule has 1 amide bonds. The predicted octanol–water partition coefficient (Wildman–Crippen LogP) is 3.06. The zero-order valence-corrected chi connectivity index (χ0v) is 22.3. The van der Waals surface area contributed by atoms with E-state index in [1.807, 2.05) is 12.1 Å². The number of phenolic OH excluding ortho intramolecular Hbond substituents is 1. The number of hydrogen-bond acceptors (Lipinski definition) is 8. The number of carbonyl (C=O) groups is 3. The van der Waals surface area contributed by atoms with Crippen LogP contribution in [-0.4, -0.2) is 56.8 Å². The predicted molar refractivity (Wildman–Crippen MR) is 147 cm³/mol. The van der Waals surface area contributed by atoms with Crippen LogP contribution < -0.4 is 11.5 Å². The molecule has 9 heteroatoms. The van der Waals surface area contributed by atoms with Crippen molar-refractivity contribution in [2.45, 2.75) is 45.2 Å². The fraction of sp³-hybridized carbons (Fsp3) is 0.387. The number of fused-ring (bicyclic) bond motifs is 3. The summed E-state index contributed by atoms with van der Waals surface area (Å²) in [7, 11) is 0. The molecule has 208 valence electrons. The highest BCUT2D eigenvalue weighted by atomic mass is 16.3. The van der Waals surface area contributed by atoms with Crippen LogP contribution in [0.1, 0.15) is 47.7 Å². The van der Waals surface area contributed by atoms with Crippen LogP contribution in [0.2, 0.25) is 0 Å². The quantitative estimate of drug-likeness (QED) is 0.367.